The summed E-state index contributed by atoms with van der Waals surface area (Å²) in [5, 5.41) is 2.99. The zero-order valence-electron chi connectivity index (χ0n) is 12.8. The fourth-order valence-corrected chi connectivity index (χ4v) is 5.00. The molecule has 1 saturated carbocycles. The number of hydrogen-bond acceptors (Lipinski definition) is 3. The number of rotatable bonds is 3. The molecule has 2 atom stereocenters. The Hall–Kier alpha value is -0.910. The van der Waals surface area contributed by atoms with Gasteiger partial charge in [0.15, 0.2) is 0 Å². The lowest BCUT2D eigenvalue weighted by molar-refractivity contribution is -0.158. The number of hydrogen-bond donors (Lipinski definition) is 1. The summed E-state index contributed by atoms with van der Waals surface area (Å²) in [5.74, 6) is 1.64. The van der Waals surface area contributed by atoms with Crippen molar-refractivity contribution in [1.29, 1.82) is 0 Å². The molecule has 0 aromatic rings. The van der Waals surface area contributed by atoms with Crippen molar-refractivity contribution in [3.8, 4) is 0 Å². The van der Waals surface area contributed by atoms with Crippen molar-refractivity contribution in [3.63, 3.8) is 0 Å². The second-order valence-corrected chi connectivity index (χ2v) is 8.38. The Kier molecular flexibility index (Phi) is 3.84. The van der Waals surface area contributed by atoms with Crippen LogP contribution in [0.5, 0.6) is 0 Å². The van der Waals surface area contributed by atoms with E-state index in [1.807, 2.05) is 18.7 Å². The molecule has 2 heterocycles. The molecule has 5 nitrogen and oxygen atoms in total. The second-order valence-electron chi connectivity index (χ2n) is 6.68. The van der Waals surface area contributed by atoms with E-state index >= 15 is 0 Å². The third kappa shape index (κ3) is 2.51. The van der Waals surface area contributed by atoms with Gasteiger partial charge in [-0.25, -0.2) is 0 Å². The Morgan fingerprint density at radius 1 is 1.24 bits per heavy atom. The maximum atomic E-state index is 13.1. The van der Waals surface area contributed by atoms with E-state index < -0.39 is 16.3 Å². The molecule has 118 valence electrons. The molecule has 1 N–H and O–H groups in total. The first-order valence-electron chi connectivity index (χ1n) is 7.97. The number of amides is 2. The SMILES string of the molecule is CCC1C(=O)NC(C)(C2CC2)C(=O)N1C1CCS(=O)CC1. The molecule has 0 spiro atoms. The normalized spacial score (nSPS) is 41.0. The molecule has 0 radical (unpaired) electrons. The lowest BCUT2D eigenvalue weighted by Crippen LogP contribution is -2.72. The van der Waals surface area contributed by atoms with Gasteiger partial charge < -0.3 is 10.2 Å². The summed E-state index contributed by atoms with van der Waals surface area (Å²) < 4.78 is 11.6. The van der Waals surface area contributed by atoms with Crippen LogP contribution in [0.25, 0.3) is 0 Å². The minimum Gasteiger partial charge on any atom is -0.340 e. The Balaban J connectivity index is 1.87. The highest BCUT2D eigenvalue weighted by Crippen LogP contribution is 2.43. The zero-order valence-corrected chi connectivity index (χ0v) is 13.6. The molecule has 3 rings (SSSR count). The van der Waals surface area contributed by atoms with Gasteiger partial charge in [-0.15, -0.1) is 0 Å². The van der Waals surface area contributed by atoms with Crippen LogP contribution < -0.4 is 5.32 Å². The summed E-state index contributed by atoms with van der Waals surface area (Å²) in [7, 11) is -0.753. The van der Waals surface area contributed by atoms with Gasteiger partial charge in [0.2, 0.25) is 11.8 Å². The first-order valence-corrected chi connectivity index (χ1v) is 9.46. The molecule has 6 heteroatoms. The number of piperazine rings is 1. The Morgan fingerprint density at radius 2 is 1.86 bits per heavy atom. The average molecular weight is 312 g/mol. The Morgan fingerprint density at radius 3 is 2.38 bits per heavy atom. The second kappa shape index (κ2) is 5.38. The van der Waals surface area contributed by atoms with Gasteiger partial charge in [0.1, 0.15) is 11.6 Å². The first kappa shape index (κ1) is 15.0. The van der Waals surface area contributed by atoms with Crippen molar-refractivity contribution in [2.45, 2.75) is 63.6 Å². The van der Waals surface area contributed by atoms with Crippen molar-refractivity contribution in [2.75, 3.05) is 11.5 Å². The first-order chi connectivity index (χ1) is 9.97. The van der Waals surface area contributed by atoms with E-state index in [9.17, 15) is 13.8 Å². The van der Waals surface area contributed by atoms with Crippen molar-refractivity contribution in [1.82, 2.24) is 10.2 Å². The summed E-state index contributed by atoms with van der Waals surface area (Å²) in [6.45, 7) is 3.83. The summed E-state index contributed by atoms with van der Waals surface area (Å²) in [6, 6.07) is -0.287. The maximum absolute atomic E-state index is 13.1. The third-order valence-corrected chi connectivity index (χ3v) is 6.61. The lowest BCUT2D eigenvalue weighted by Gasteiger charge is -2.48. The van der Waals surface area contributed by atoms with Crippen LogP contribution in [-0.4, -0.2) is 50.1 Å². The van der Waals surface area contributed by atoms with E-state index in [2.05, 4.69) is 5.32 Å². The molecule has 1 aliphatic carbocycles. The monoisotopic (exact) mass is 312 g/mol. The van der Waals surface area contributed by atoms with Crippen LogP contribution in [-0.2, 0) is 20.4 Å². The fourth-order valence-electron chi connectivity index (χ4n) is 3.73. The number of nitrogens with one attached hydrogen (secondary N) is 1. The molecule has 2 unspecified atom stereocenters. The van der Waals surface area contributed by atoms with Gasteiger partial charge in [-0.2, -0.15) is 0 Å². The highest BCUT2D eigenvalue weighted by Gasteiger charge is 2.56. The minimum atomic E-state index is -0.753. The third-order valence-electron chi connectivity index (χ3n) is 5.23. The van der Waals surface area contributed by atoms with Crippen molar-refractivity contribution in [3.05, 3.63) is 0 Å². The fraction of sp³-hybridized carbons (Fsp3) is 0.867. The molecule has 3 aliphatic rings. The molecule has 21 heavy (non-hydrogen) atoms. The summed E-state index contributed by atoms with van der Waals surface area (Å²) in [6.07, 6.45) is 4.17. The topological polar surface area (TPSA) is 66.5 Å². The highest BCUT2D eigenvalue weighted by atomic mass is 32.2. The summed E-state index contributed by atoms with van der Waals surface area (Å²) >= 11 is 0. The number of carbonyl (C=O) groups is 2. The Labute approximate surface area is 128 Å². The van der Waals surface area contributed by atoms with Crippen LogP contribution in [0.1, 0.15) is 46.0 Å². The zero-order chi connectivity index (χ0) is 15.2. The summed E-state index contributed by atoms with van der Waals surface area (Å²) in [5.41, 5.74) is -0.723. The van der Waals surface area contributed by atoms with Crippen LogP contribution in [0.3, 0.4) is 0 Å². The smallest absolute Gasteiger partial charge is 0.249 e. The van der Waals surface area contributed by atoms with Gasteiger partial charge >= 0.3 is 0 Å². The van der Waals surface area contributed by atoms with Crippen LogP contribution in [0.4, 0.5) is 0 Å². The minimum absolute atomic E-state index is 0.0156. The Bertz CT molecular complexity index is 481. The molecule has 0 aromatic carbocycles. The quantitative estimate of drug-likeness (QED) is 0.838. The molecule has 0 bridgehead atoms. The van der Waals surface area contributed by atoms with Crippen LogP contribution in [0, 0.1) is 5.92 Å². The molecular formula is C15H24N2O3S. The molecule has 3 fully saturated rings. The van der Waals surface area contributed by atoms with Gasteiger partial charge in [0.05, 0.1) is 0 Å². The van der Waals surface area contributed by atoms with Gasteiger partial charge in [-0.3, -0.25) is 13.8 Å². The lowest BCUT2D eigenvalue weighted by atomic mass is 9.87. The average Bonchev–Trinajstić information content (AvgIpc) is 3.28. The van der Waals surface area contributed by atoms with Gasteiger partial charge in [0, 0.05) is 28.3 Å². The predicted octanol–water partition coefficient (Wildman–Crippen LogP) is 0.803. The largest absolute Gasteiger partial charge is 0.340 e. The maximum Gasteiger partial charge on any atom is 0.249 e. The van der Waals surface area contributed by atoms with Gasteiger partial charge in [0.25, 0.3) is 0 Å². The standard InChI is InChI=1S/C15H24N2O3S/c1-3-12-13(18)16-15(2,10-4-5-10)14(19)17(12)11-6-8-21(20)9-7-11/h10-12H,3-9H2,1-2H3,(H,16,18). The van der Waals surface area contributed by atoms with Crippen molar-refractivity contribution >= 4 is 22.6 Å². The van der Waals surface area contributed by atoms with Gasteiger partial charge in [-0.1, -0.05) is 6.92 Å². The van der Waals surface area contributed by atoms with E-state index in [4.69, 9.17) is 0 Å². The number of carbonyl (C=O) groups excluding carboxylic acids is 2. The molecule has 2 amide bonds. The van der Waals surface area contributed by atoms with Crippen LogP contribution in [0.2, 0.25) is 0 Å². The van der Waals surface area contributed by atoms with E-state index in [0.29, 0.717) is 17.9 Å². The summed E-state index contributed by atoms with van der Waals surface area (Å²) in [4.78, 5) is 27.4. The van der Waals surface area contributed by atoms with E-state index in [1.54, 1.807) is 0 Å². The number of nitrogens with zero attached hydrogens (tertiary/aromatic N) is 1. The molecule has 0 aromatic heterocycles. The highest BCUT2D eigenvalue weighted by molar-refractivity contribution is 7.85. The van der Waals surface area contributed by atoms with Crippen molar-refractivity contribution in [2.24, 2.45) is 5.92 Å². The van der Waals surface area contributed by atoms with Crippen LogP contribution in [0.15, 0.2) is 0 Å². The molecular weight excluding hydrogens is 288 g/mol. The van der Waals surface area contributed by atoms with Gasteiger partial charge in [-0.05, 0) is 44.9 Å². The molecule has 2 aliphatic heterocycles. The molecule has 2 saturated heterocycles. The van der Waals surface area contributed by atoms with E-state index in [-0.39, 0.29) is 29.8 Å². The van der Waals surface area contributed by atoms with Crippen molar-refractivity contribution < 1.29 is 13.8 Å². The van der Waals surface area contributed by atoms with Crippen LogP contribution >= 0.6 is 0 Å². The predicted molar refractivity (Wildman–Crippen MR) is 81.1 cm³/mol. The van der Waals surface area contributed by atoms with E-state index in [1.165, 1.54) is 0 Å². The van der Waals surface area contributed by atoms with E-state index in [0.717, 1.165) is 25.7 Å².